The summed E-state index contributed by atoms with van der Waals surface area (Å²) in [6.45, 7) is 4.12. The number of benzene rings is 1. The molecule has 1 unspecified atom stereocenters. The second kappa shape index (κ2) is 8.68. The van der Waals surface area contributed by atoms with E-state index >= 15 is 0 Å². The van der Waals surface area contributed by atoms with Crippen molar-refractivity contribution in [2.24, 2.45) is 13.0 Å². The van der Waals surface area contributed by atoms with Gasteiger partial charge in [0.1, 0.15) is 9.90 Å². The number of carbonyl (C=O) groups excluding carboxylic acids is 1. The molecule has 170 valence electrons. The van der Waals surface area contributed by atoms with E-state index in [1.807, 2.05) is 37.3 Å². The molecule has 0 bridgehead atoms. The highest BCUT2D eigenvalue weighted by Gasteiger charge is 2.34. The Morgan fingerprint density at radius 1 is 1.12 bits per heavy atom. The van der Waals surface area contributed by atoms with E-state index in [9.17, 15) is 18.0 Å². The van der Waals surface area contributed by atoms with Crippen molar-refractivity contribution in [1.82, 2.24) is 13.7 Å². The van der Waals surface area contributed by atoms with Crippen LogP contribution in [0.15, 0.2) is 51.5 Å². The lowest BCUT2D eigenvalue weighted by Crippen LogP contribution is -2.43. The Balaban J connectivity index is 1.55. The Bertz CT molecular complexity index is 1310. The number of aromatic nitrogens is 2. The lowest BCUT2D eigenvalue weighted by atomic mass is 9.99. The molecule has 0 aliphatic carbocycles. The summed E-state index contributed by atoms with van der Waals surface area (Å²) in [4.78, 5) is 27.0. The highest BCUT2D eigenvalue weighted by molar-refractivity contribution is 7.91. The van der Waals surface area contributed by atoms with Crippen LogP contribution in [0.1, 0.15) is 23.4 Å². The zero-order valence-electron chi connectivity index (χ0n) is 18.2. The number of hydrogen-bond donors (Lipinski definition) is 1. The van der Waals surface area contributed by atoms with Crippen LogP contribution in [-0.2, 0) is 21.9 Å². The van der Waals surface area contributed by atoms with Crippen LogP contribution in [0.3, 0.4) is 0 Å². The van der Waals surface area contributed by atoms with Gasteiger partial charge < -0.3 is 5.32 Å². The number of nitrogens with zero attached hydrogens (tertiary/aromatic N) is 3. The van der Waals surface area contributed by atoms with Crippen molar-refractivity contribution in [3.05, 3.63) is 63.4 Å². The third-order valence-corrected chi connectivity index (χ3v) is 9.20. The van der Waals surface area contributed by atoms with Gasteiger partial charge in [0.2, 0.25) is 5.91 Å². The van der Waals surface area contributed by atoms with Gasteiger partial charge in [-0.25, -0.2) is 13.1 Å². The van der Waals surface area contributed by atoms with E-state index in [-0.39, 0.29) is 23.7 Å². The zero-order chi connectivity index (χ0) is 23.0. The van der Waals surface area contributed by atoms with Crippen molar-refractivity contribution < 1.29 is 13.2 Å². The maximum atomic E-state index is 13.1. The van der Waals surface area contributed by atoms with Crippen LogP contribution in [0.4, 0.5) is 5.69 Å². The van der Waals surface area contributed by atoms with Gasteiger partial charge in [-0.1, -0.05) is 18.2 Å². The lowest BCUT2D eigenvalue weighted by Gasteiger charge is -2.30. The van der Waals surface area contributed by atoms with Gasteiger partial charge >= 0.3 is 0 Å². The van der Waals surface area contributed by atoms with E-state index in [2.05, 4.69) is 5.32 Å². The monoisotopic (exact) mass is 474 g/mol. The van der Waals surface area contributed by atoms with Crippen LogP contribution in [0.2, 0.25) is 0 Å². The molecule has 1 aliphatic rings. The highest BCUT2D eigenvalue weighted by Crippen LogP contribution is 2.28. The minimum absolute atomic E-state index is 0.101. The molecule has 0 saturated carbocycles. The fraction of sp³-hybridized carbons (Fsp3) is 0.364. The van der Waals surface area contributed by atoms with Gasteiger partial charge in [0.05, 0.1) is 17.3 Å². The minimum atomic E-state index is -3.63. The molecule has 1 amide bonds. The Labute approximate surface area is 191 Å². The topological polar surface area (TPSA) is 93.4 Å². The van der Waals surface area contributed by atoms with Gasteiger partial charge in [-0.05, 0) is 51.0 Å². The Hall–Kier alpha value is -2.69. The number of carbonyl (C=O) groups is 1. The van der Waals surface area contributed by atoms with E-state index in [0.717, 1.165) is 4.88 Å². The second-order valence-electron chi connectivity index (χ2n) is 7.99. The van der Waals surface area contributed by atoms with Crippen LogP contribution in [0.5, 0.6) is 0 Å². The Morgan fingerprint density at radius 2 is 1.84 bits per heavy atom. The molecule has 4 rings (SSSR count). The summed E-state index contributed by atoms with van der Waals surface area (Å²) >= 11 is 1.23. The number of hydrogen-bond acceptors (Lipinski definition) is 5. The fourth-order valence-electron chi connectivity index (χ4n) is 3.99. The lowest BCUT2D eigenvalue weighted by molar-refractivity contribution is -0.120. The van der Waals surface area contributed by atoms with Gasteiger partial charge in [0.15, 0.2) is 0 Å². The van der Waals surface area contributed by atoms with Crippen molar-refractivity contribution >= 4 is 33.0 Å². The summed E-state index contributed by atoms with van der Waals surface area (Å²) in [5.41, 5.74) is 1.22. The van der Waals surface area contributed by atoms with E-state index < -0.39 is 15.9 Å². The smallest absolute Gasteiger partial charge is 0.295 e. The SMILES string of the molecule is Cc1ccc(S(=O)(=O)N2CCCC(C(=O)Nc3c(C)n(C)n(-c4ccccc4)c3=O)C2)s1. The summed E-state index contributed by atoms with van der Waals surface area (Å²) in [5, 5.41) is 2.78. The molecule has 3 aromatic rings. The molecule has 0 spiro atoms. The fourth-order valence-corrected chi connectivity index (χ4v) is 6.95. The van der Waals surface area contributed by atoms with Gasteiger partial charge in [0.25, 0.3) is 15.6 Å². The van der Waals surface area contributed by atoms with Crippen LogP contribution >= 0.6 is 11.3 Å². The van der Waals surface area contributed by atoms with Crippen LogP contribution in [0, 0.1) is 19.8 Å². The average molecular weight is 475 g/mol. The molecule has 10 heteroatoms. The first kappa shape index (κ1) is 22.5. The van der Waals surface area contributed by atoms with Gasteiger partial charge in [-0.2, -0.15) is 4.31 Å². The molecule has 2 aromatic heterocycles. The molecule has 1 atom stereocenters. The highest BCUT2D eigenvalue weighted by atomic mass is 32.2. The molecule has 32 heavy (non-hydrogen) atoms. The number of amides is 1. The molecule has 1 N–H and O–H groups in total. The van der Waals surface area contributed by atoms with Crippen molar-refractivity contribution in [2.75, 3.05) is 18.4 Å². The predicted molar refractivity (Wildman–Crippen MR) is 125 cm³/mol. The van der Waals surface area contributed by atoms with Crippen LogP contribution < -0.4 is 10.9 Å². The number of thiophene rings is 1. The number of aryl methyl sites for hydroxylation is 1. The number of rotatable bonds is 5. The van der Waals surface area contributed by atoms with E-state index in [1.165, 1.54) is 20.3 Å². The van der Waals surface area contributed by atoms with Gasteiger partial charge in [-0.15, -0.1) is 11.3 Å². The average Bonchev–Trinajstić information content (AvgIpc) is 3.32. The number of anilines is 1. The van der Waals surface area contributed by atoms with Crippen LogP contribution in [0.25, 0.3) is 5.69 Å². The van der Waals surface area contributed by atoms with Crippen molar-refractivity contribution in [3.63, 3.8) is 0 Å². The number of sulfonamides is 1. The molecule has 1 fully saturated rings. The third kappa shape index (κ3) is 4.05. The van der Waals surface area contributed by atoms with Crippen molar-refractivity contribution in [2.45, 2.75) is 30.9 Å². The first-order chi connectivity index (χ1) is 15.2. The summed E-state index contributed by atoms with van der Waals surface area (Å²) < 4.78 is 30.8. The molecular formula is C22H26N4O4S2. The quantitative estimate of drug-likeness (QED) is 0.615. The summed E-state index contributed by atoms with van der Waals surface area (Å²) in [5.74, 6) is -0.859. The van der Waals surface area contributed by atoms with E-state index in [1.54, 1.807) is 30.8 Å². The number of para-hydroxylation sites is 1. The van der Waals surface area contributed by atoms with Gasteiger partial charge in [0, 0.05) is 25.0 Å². The van der Waals surface area contributed by atoms with Crippen LogP contribution in [-0.4, -0.2) is 41.1 Å². The normalized spacial score (nSPS) is 17.4. The number of nitrogens with one attached hydrogen (secondary N) is 1. The molecular weight excluding hydrogens is 448 g/mol. The number of piperidine rings is 1. The van der Waals surface area contributed by atoms with Crippen molar-refractivity contribution in [3.8, 4) is 5.69 Å². The minimum Gasteiger partial charge on any atom is -0.320 e. The summed E-state index contributed by atoms with van der Waals surface area (Å²) in [7, 11) is -1.87. The van der Waals surface area contributed by atoms with E-state index in [0.29, 0.717) is 35.0 Å². The molecule has 0 radical (unpaired) electrons. The largest absolute Gasteiger partial charge is 0.320 e. The molecule has 1 aromatic carbocycles. The summed E-state index contributed by atoms with van der Waals surface area (Å²) in [6, 6.07) is 12.6. The zero-order valence-corrected chi connectivity index (χ0v) is 19.9. The summed E-state index contributed by atoms with van der Waals surface area (Å²) in [6.07, 6.45) is 1.16. The Morgan fingerprint density at radius 3 is 2.50 bits per heavy atom. The first-order valence-electron chi connectivity index (χ1n) is 10.4. The maximum Gasteiger partial charge on any atom is 0.295 e. The van der Waals surface area contributed by atoms with Crippen molar-refractivity contribution in [1.29, 1.82) is 0 Å². The maximum absolute atomic E-state index is 13.1. The van der Waals surface area contributed by atoms with E-state index in [4.69, 9.17) is 0 Å². The molecule has 3 heterocycles. The van der Waals surface area contributed by atoms with Gasteiger partial charge in [-0.3, -0.25) is 14.3 Å². The Kier molecular flexibility index (Phi) is 6.11. The third-order valence-electron chi connectivity index (χ3n) is 5.87. The molecule has 1 aliphatic heterocycles. The molecule has 1 saturated heterocycles. The predicted octanol–water partition coefficient (Wildman–Crippen LogP) is 2.89. The first-order valence-corrected chi connectivity index (χ1v) is 12.7. The molecule has 8 nitrogen and oxygen atoms in total. The standard InChI is InChI=1S/C22H26N4O4S2/c1-15-11-12-19(31-15)32(29,30)25-13-7-8-17(14-25)21(27)23-20-16(2)24(3)26(22(20)28)18-9-5-4-6-10-18/h4-6,9-12,17H,7-8,13-14H2,1-3H3,(H,23,27). The second-order valence-corrected chi connectivity index (χ2v) is 11.4.